The molecule has 30 heavy (non-hydrogen) atoms. The Kier molecular flexibility index (Phi) is 8.01. The fraction of sp³-hybridized carbons (Fsp3) is 0.368. The Morgan fingerprint density at radius 3 is 2.40 bits per heavy atom. The number of rotatable bonds is 6. The molecule has 1 aromatic carbocycles. The standard InChI is InChI=1S/C19H18I2N2O6S/c1-28-16(25)10-29-17-12(20)6-11(7-13(17)21)8-14-18(26)23(19(27)30-14)9-15(24)22-4-2-3-5-22/h6-8H,2-5,9-10H2,1H3/b14-8+. The number of carbonyl (C=O) groups excluding carboxylic acids is 4. The molecule has 0 spiro atoms. The molecule has 2 heterocycles. The molecule has 0 bridgehead atoms. The molecule has 0 unspecified atom stereocenters. The number of hydrogen-bond acceptors (Lipinski definition) is 7. The average molecular weight is 656 g/mol. The van der Waals surface area contributed by atoms with Crippen molar-refractivity contribution in [2.45, 2.75) is 12.8 Å². The van der Waals surface area contributed by atoms with Crippen LogP contribution in [0.25, 0.3) is 6.08 Å². The SMILES string of the molecule is COC(=O)COc1c(I)cc(/C=C2/SC(=O)N(CC(=O)N3CCCC3)C2=O)cc1I. The number of likely N-dealkylation sites (tertiary alicyclic amines) is 1. The molecule has 11 heteroatoms. The van der Waals surface area contributed by atoms with Crippen LogP contribution in [0.4, 0.5) is 4.79 Å². The highest BCUT2D eigenvalue weighted by atomic mass is 127. The van der Waals surface area contributed by atoms with Crippen LogP contribution in [0.3, 0.4) is 0 Å². The zero-order valence-corrected chi connectivity index (χ0v) is 21.1. The molecule has 2 aliphatic rings. The minimum atomic E-state index is -0.483. The third kappa shape index (κ3) is 5.46. The fourth-order valence-corrected chi connectivity index (χ4v) is 5.95. The van der Waals surface area contributed by atoms with Crippen molar-refractivity contribution >= 4 is 86.0 Å². The van der Waals surface area contributed by atoms with Crippen LogP contribution in [-0.2, 0) is 19.1 Å². The third-order valence-corrected chi connectivity index (χ3v) is 7.02. The van der Waals surface area contributed by atoms with Gasteiger partial charge in [0.2, 0.25) is 5.91 Å². The highest BCUT2D eigenvalue weighted by Crippen LogP contribution is 2.35. The molecule has 160 valence electrons. The van der Waals surface area contributed by atoms with Crippen molar-refractivity contribution in [2.75, 3.05) is 33.4 Å². The van der Waals surface area contributed by atoms with Gasteiger partial charge < -0.3 is 14.4 Å². The van der Waals surface area contributed by atoms with E-state index >= 15 is 0 Å². The number of methoxy groups -OCH3 is 1. The van der Waals surface area contributed by atoms with E-state index in [-0.39, 0.29) is 24.0 Å². The Balaban J connectivity index is 1.73. The second-order valence-electron chi connectivity index (χ2n) is 6.53. The lowest BCUT2D eigenvalue weighted by atomic mass is 10.2. The average Bonchev–Trinajstić information content (AvgIpc) is 3.32. The van der Waals surface area contributed by atoms with Crippen LogP contribution >= 0.6 is 56.9 Å². The number of nitrogens with zero attached hydrogens (tertiary/aromatic N) is 2. The first-order valence-corrected chi connectivity index (χ1v) is 12.0. The lowest BCUT2D eigenvalue weighted by Crippen LogP contribution is -2.40. The van der Waals surface area contributed by atoms with E-state index < -0.39 is 17.1 Å². The second-order valence-corrected chi connectivity index (χ2v) is 9.85. The maximum atomic E-state index is 12.7. The molecular formula is C19H18I2N2O6S. The van der Waals surface area contributed by atoms with E-state index in [0.717, 1.165) is 36.6 Å². The van der Waals surface area contributed by atoms with Gasteiger partial charge in [-0.15, -0.1) is 0 Å². The van der Waals surface area contributed by atoms with E-state index in [4.69, 9.17) is 4.74 Å². The highest BCUT2D eigenvalue weighted by molar-refractivity contribution is 14.1. The Hall–Kier alpha value is -1.35. The van der Waals surface area contributed by atoms with Crippen LogP contribution in [0, 0.1) is 7.14 Å². The number of imide groups is 1. The second kappa shape index (κ2) is 10.3. The van der Waals surface area contributed by atoms with Crippen molar-refractivity contribution in [3.8, 4) is 5.75 Å². The highest BCUT2D eigenvalue weighted by Gasteiger charge is 2.37. The van der Waals surface area contributed by atoms with Crippen LogP contribution in [-0.4, -0.2) is 66.2 Å². The lowest BCUT2D eigenvalue weighted by Gasteiger charge is -2.18. The van der Waals surface area contributed by atoms with Crippen LogP contribution in [0.1, 0.15) is 18.4 Å². The molecule has 0 radical (unpaired) electrons. The molecule has 2 aliphatic heterocycles. The Morgan fingerprint density at radius 1 is 1.17 bits per heavy atom. The normalized spacial score (nSPS) is 17.8. The predicted octanol–water partition coefficient (Wildman–Crippen LogP) is 3.11. The van der Waals surface area contributed by atoms with E-state index in [1.807, 2.05) is 0 Å². The van der Waals surface area contributed by atoms with Gasteiger partial charge in [-0.05, 0) is 93.6 Å². The molecule has 2 fully saturated rings. The summed E-state index contributed by atoms with van der Waals surface area (Å²) >= 11 is 4.98. The molecular weight excluding hydrogens is 638 g/mol. The maximum Gasteiger partial charge on any atom is 0.343 e. The van der Waals surface area contributed by atoms with Gasteiger partial charge in [0, 0.05) is 13.1 Å². The largest absolute Gasteiger partial charge is 0.480 e. The summed E-state index contributed by atoms with van der Waals surface area (Å²) in [5.74, 6) is -0.605. The Morgan fingerprint density at radius 2 is 1.80 bits per heavy atom. The van der Waals surface area contributed by atoms with Crippen molar-refractivity contribution < 1.29 is 28.7 Å². The topological polar surface area (TPSA) is 93.2 Å². The number of amides is 3. The first-order valence-electron chi connectivity index (χ1n) is 9.02. The summed E-state index contributed by atoms with van der Waals surface area (Å²) in [7, 11) is 1.29. The van der Waals surface area contributed by atoms with E-state index in [0.29, 0.717) is 24.4 Å². The predicted molar refractivity (Wildman–Crippen MR) is 128 cm³/mol. The molecule has 0 aliphatic carbocycles. The zero-order valence-electron chi connectivity index (χ0n) is 16.0. The number of halogens is 2. The molecule has 3 rings (SSSR count). The minimum Gasteiger partial charge on any atom is -0.480 e. The maximum absolute atomic E-state index is 12.7. The zero-order chi connectivity index (χ0) is 21.8. The van der Waals surface area contributed by atoms with E-state index in [9.17, 15) is 19.2 Å². The third-order valence-electron chi connectivity index (χ3n) is 4.51. The molecule has 0 N–H and O–H groups in total. The number of benzene rings is 1. The van der Waals surface area contributed by atoms with Crippen molar-refractivity contribution in [3.05, 3.63) is 29.7 Å². The number of ether oxygens (including phenoxy) is 2. The van der Waals surface area contributed by atoms with Gasteiger partial charge in [-0.1, -0.05) is 0 Å². The van der Waals surface area contributed by atoms with Gasteiger partial charge in [0.05, 0.1) is 19.2 Å². The van der Waals surface area contributed by atoms with Crippen LogP contribution in [0.2, 0.25) is 0 Å². The molecule has 0 aromatic heterocycles. The Bertz CT molecular complexity index is 907. The summed E-state index contributed by atoms with van der Waals surface area (Å²) < 4.78 is 11.6. The van der Waals surface area contributed by atoms with E-state index in [1.54, 1.807) is 23.1 Å². The van der Waals surface area contributed by atoms with Crippen molar-refractivity contribution in [2.24, 2.45) is 0 Å². The van der Waals surface area contributed by atoms with Crippen molar-refractivity contribution in [3.63, 3.8) is 0 Å². The molecule has 0 atom stereocenters. The van der Waals surface area contributed by atoms with Gasteiger partial charge in [-0.25, -0.2) is 4.79 Å². The summed E-state index contributed by atoms with van der Waals surface area (Å²) in [6.45, 7) is 0.918. The number of thioether (sulfide) groups is 1. The van der Waals surface area contributed by atoms with Gasteiger partial charge in [0.1, 0.15) is 12.3 Å². The molecule has 8 nitrogen and oxygen atoms in total. The van der Waals surface area contributed by atoms with Crippen LogP contribution < -0.4 is 4.74 Å². The number of carbonyl (C=O) groups is 4. The summed E-state index contributed by atoms with van der Waals surface area (Å²) in [6.07, 6.45) is 3.52. The van der Waals surface area contributed by atoms with Gasteiger partial charge in [-0.2, -0.15) is 0 Å². The summed E-state index contributed by atoms with van der Waals surface area (Å²) in [6, 6.07) is 3.58. The molecule has 3 amide bonds. The van der Waals surface area contributed by atoms with Gasteiger partial charge in [0.25, 0.3) is 11.1 Å². The summed E-state index contributed by atoms with van der Waals surface area (Å²) in [4.78, 5) is 51.5. The van der Waals surface area contributed by atoms with Crippen LogP contribution in [0.15, 0.2) is 17.0 Å². The van der Waals surface area contributed by atoms with Gasteiger partial charge in [0.15, 0.2) is 6.61 Å². The monoisotopic (exact) mass is 656 g/mol. The van der Waals surface area contributed by atoms with Gasteiger partial charge >= 0.3 is 5.97 Å². The molecule has 0 saturated carbocycles. The van der Waals surface area contributed by atoms with Gasteiger partial charge in [-0.3, -0.25) is 19.3 Å². The summed E-state index contributed by atoms with van der Waals surface area (Å²) in [5.41, 5.74) is 0.714. The minimum absolute atomic E-state index is 0.202. The first-order chi connectivity index (χ1) is 14.3. The molecule has 1 aromatic rings. The number of esters is 1. The lowest BCUT2D eigenvalue weighted by molar-refractivity contribution is -0.143. The smallest absolute Gasteiger partial charge is 0.343 e. The fourth-order valence-electron chi connectivity index (χ4n) is 2.98. The van der Waals surface area contributed by atoms with Crippen LogP contribution in [0.5, 0.6) is 5.75 Å². The van der Waals surface area contributed by atoms with Crippen molar-refractivity contribution in [1.82, 2.24) is 9.80 Å². The van der Waals surface area contributed by atoms with Crippen molar-refractivity contribution in [1.29, 1.82) is 0 Å². The quantitative estimate of drug-likeness (QED) is 0.264. The molecule has 2 saturated heterocycles. The van der Waals surface area contributed by atoms with E-state index in [1.165, 1.54) is 7.11 Å². The van der Waals surface area contributed by atoms with E-state index in [2.05, 4.69) is 49.9 Å². The summed E-state index contributed by atoms with van der Waals surface area (Å²) in [5, 5.41) is -0.443. The number of hydrogen-bond donors (Lipinski definition) is 0. The Labute approximate surface area is 205 Å². The first kappa shape index (κ1) is 23.3.